The minimum absolute atomic E-state index is 0.170. The summed E-state index contributed by atoms with van der Waals surface area (Å²) in [5.41, 5.74) is 2.37. The van der Waals surface area contributed by atoms with Crippen molar-refractivity contribution in [3.05, 3.63) is 41.6 Å². The molecule has 4 heterocycles. The van der Waals surface area contributed by atoms with E-state index in [9.17, 15) is 17.2 Å². The van der Waals surface area contributed by atoms with Crippen molar-refractivity contribution in [3.63, 3.8) is 0 Å². The molecule has 1 fully saturated rings. The number of piperidine rings is 1. The lowest BCUT2D eigenvalue weighted by Crippen LogP contribution is -2.38. The molecule has 8 nitrogen and oxygen atoms in total. The average molecular weight is 410 g/mol. The van der Waals surface area contributed by atoms with Gasteiger partial charge in [0.1, 0.15) is 16.9 Å². The highest BCUT2D eigenvalue weighted by Crippen LogP contribution is 2.34. The summed E-state index contributed by atoms with van der Waals surface area (Å²) in [5, 5.41) is 7.87. The summed E-state index contributed by atoms with van der Waals surface area (Å²) in [6, 6.07) is 1.95. The highest BCUT2D eigenvalue weighted by atomic mass is 32.2. The van der Waals surface area contributed by atoms with Gasteiger partial charge in [0, 0.05) is 26.3 Å². The number of fused-ring (bicyclic) bond motifs is 1. The van der Waals surface area contributed by atoms with Crippen LogP contribution in [-0.4, -0.2) is 50.2 Å². The van der Waals surface area contributed by atoms with Crippen molar-refractivity contribution in [2.75, 3.05) is 13.1 Å². The van der Waals surface area contributed by atoms with E-state index in [0.717, 1.165) is 27.7 Å². The second-order valence-electron chi connectivity index (χ2n) is 6.97. The van der Waals surface area contributed by atoms with Gasteiger partial charge < -0.3 is 0 Å². The largest absolute Gasteiger partial charge is 0.281 e. The second-order valence-corrected chi connectivity index (χ2v) is 8.88. The van der Waals surface area contributed by atoms with E-state index < -0.39 is 27.0 Å². The minimum atomic E-state index is -4.02. The van der Waals surface area contributed by atoms with Crippen LogP contribution in [0.15, 0.2) is 29.7 Å². The quantitative estimate of drug-likeness (QED) is 0.659. The molecule has 4 rings (SSSR count). The first-order valence-corrected chi connectivity index (χ1v) is 10.3. The van der Waals surface area contributed by atoms with Crippen molar-refractivity contribution in [2.45, 2.75) is 37.0 Å². The molecule has 28 heavy (non-hydrogen) atoms. The van der Waals surface area contributed by atoms with E-state index in [0.29, 0.717) is 12.8 Å². The molecule has 0 unspecified atom stereocenters. The van der Waals surface area contributed by atoms with Gasteiger partial charge in [0.25, 0.3) is 6.43 Å². The molecule has 0 aromatic carbocycles. The third-order valence-corrected chi connectivity index (χ3v) is 7.25. The van der Waals surface area contributed by atoms with Gasteiger partial charge >= 0.3 is 0 Å². The smallest absolute Gasteiger partial charge is 0.265 e. The third-order valence-electron chi connectivity index (χ3n) is 5.33. The maximum Gasteiger partial charge on any atom is 0.281 e. The fourth-order valence-electron chi connectivity index (χ4n) is 3.82. The van der Waals surface area contributed by atoms with Crippen molar-refractivity contribution < 1.29 is 17.2 Å². The fraction of sp³-hybridized carbons (Fsp3) is 0.471. The van der Waals surface area contributed by atoms with Crippen molar-refractivity contribution in [1.82, 2.24) is 28.7 Å². The third kappa shape index (κ3) is 3.08. The van der Waals surface area contributed by atoms with E-state index >= 15 is 0 Å². The van der Waals surface area contributed by atoms with Crippen LogP contribution in [-0.2, 0) is 17.1 Å². The maximum absolute atomic E-state index is 13.3. The molecule has 0 radical (unpaired) electrons. The molecule has 1 aliphatic rings. The molecule has 3 aromatic heterocycles. The van der Waals surface area contributed by atoms with Gasteiger partial charge in [-0.25, -0.2) is 26.7 Å². The van der Waals surface area contributed by atoms with Crippen LogP contribution in [0.3, 0.4) is 0 Å². The molecule has 3 aromatic rings. The van der Waals surface area contributed by atoms with Gasteiger partial charge in [0.2, 0.25) is 10.0 Å². The Bertz CT molecular complexity index is 1120. The zero-order valence-corrected chi connectivity index (χ0v) is 16.3. The van der Waals surface area contributed by atoms with E-state index in [-0.39, 0.29) is 19.0 Å². The minimum Gasteiger partial charge on any atom is -0.265 e. The van der Waals surface area contributed by atoms with Gasteiger partial charge in [-0.2, -0.15) is 14.5 Å². The summed E-state index contributed by atoms with van der Waals surface area (Å²) >= 11 is 0. The number of aryl methyl sites for hydroxylation is 2. The standard InChI is InChI=1S/C17H20F2N6O2S/c1-11-7-15-20-10-22-25(15)9-13(11)12-3-5-24(6-4-12)28(26,27)14-8-21-23(2)16(14)17(18)19/h7-10,12,17H,3-6H2,1-2H3. The Kier molecular flexibility index (Phi) is 4.66. The number of rotatable bonds is 4. The lowest BCUT2D eigenvalue weighted by Gasteiger charge is -2.32. The highest BCUT2D eigenvalue weighted by Gasteiger charge is 2.35. The van der Waals surface area contributed by atoms with E-state index in [1.54, 1.807) is 4.52 Å². The summed E-state index contributed by atoms with van der Waals surface area (Å²) < 4.78 is 56.3. The normalized spacial score (nSPS) is 17.0. The summed E-state index contributed by atoms with van der Waals surface area (Å²) in [6.45, 7) is 2.52. The van der Waals surface area contributed by atoms with Crippen molar-refractivity contribution >= 4 is 15.7 Å². The van der Waals surface area contributed by atoms with Crippen LogP contribution in [0.4, 0.5) is 8.78 Å². The first-order chi connectivity index (χ1) is 13.3. The molecular formula is C17H20F2N6O2S. The Labute approximate surface area is 160 Å². The van der Waals surface area contributed by atoms with Gasteiger partial charge in [0.15, 0.2) is 5.65 Å². The Hall–Kier alpha value is -2.40. The number of hydrogen-bond acceptors (Lipinski definition) is 5. The lowest BCUT2D eigenvalue weighted by atomic mass is 9.89. The summed E-state index contributed by atoms with van der Waals surface area (Å²) in [6.07, 6.45) is 2.72. The Balaban J connectivity index is 1.56. The number of aromatic nitrogens is 5. The van der Waals surface area contributed by atoms with Crippen molar-refractivity contribution in [3.8, 4) is 0 Å². The van der Waals surface area contributed by atoms with Gasteiger partial charge in [-0.1, -0.05) is 0 Å². The van der Waals surface area contributed by atoms with Crippen molar-refractivity contribution in [2.24, 2.45) is 7.05 Å². The summed E-state index contributed by atoms with van der Waals surface area (Å²) in [7, 11) is -2.70. The number of nitrogens with zero attached hydrogens (tertiary/aromatic N) is 6. The second kappa shape index (κ2) is 6.89. The fourth-order valence-corrected chi connectivity index (χ4v) is 5.46. The first kappa shape index (κ1) is 18.9. The highest BCUT2D eigenvalue weighted by molar-refractivity contribution is 7.89. The van der Waals surface area contributed by atoms with E-state index in [1.165, 1.54) is 17.7 Å². The molecule has 1 saturated heterocycles. The molecule has 150 valence electrons. The van der Waals surface area contributed by atoms with Gasteiger partial charge in [-0.05, 0) is 42.9 Å². The predicted octanol–water partition coefficient (Wildman–Crippen LogP) is 2.28. The van der Waals surface area contributed by atoms with Crippen LogP contribution < -0.4 is 0 Å². The SMILES string of the molecule is Cc1cc2ncnn2cc1C1CCN(S(=O)(=O)c2cnn(C)c2C(F)F)CC1. The van der Waals surface area contributed by atoms with Gasteiger partial charge in [0.05, 0.1) is 6.20 Å². The molecule has 0 aliphatic carbocycles. The van der Waals surface area contributed by atoms with Crippen LogP contribution >= 0.6 is 0 Å². The van der Waals surface area contributed by atoms with Crippen LogP contribution in [0.5, 0.6) is 0 Å². The molecule has 11 heteroatoms. The Morgan fingerprint density at radius 3 is 2.61 bits per heavy atom. The van der Waals surface area contributed by atoms with Crippen LogP contribution in [0.2, 0.25) is 0 Å². The Morgan fingerprint density at radius 1 is 1.21 bits per heavy atom. The number of alkyl halides is 2. The lowest BCUT2D eigenvalue weighted by molar-refractivity contribution is 0.137. The molecule has 0 bridgehead atoms. The van der Waals surface area contributed by atoms with Crippen LogP contribution in [0, 0.1) is 6.92 Å². The molecule has 0 N–H and O–H groups in total. The molecular weight excluding hydrogens is 390 g/mol. The number of hydrogen-bond donors (Lipinski definition) is 0. The zero-order chi connectivity index (χ0) is 20.1. The average Bonchev–Trinajstić information content (AvgIpc) is 3.27. The number of halogens is 2. The Morgan fingerprint density at radius 2 is 1.93 bits per heavy atom. The summed E-state index contributed by atoms with van der Waals surface area (Å²) in [5.74, 6) is 0.170. The number of pyridine rings is 1. The summed E-state index contributed by atoms with van der Waals surface area (Å²) in [4.78, 5) is 3.75. The first-order valence-electron chi connectivity index (χ1n) is 8.89. The van der Waals surface area contributed by atoms with Gasteiger partial charge in [-0.3, -0.25) is 4.68 Å². The van der Waals surface area contributed by atoms with E-state index in [2.05, 4.69) is 15.2 Å². The molecule has 0 amide bonds. The molecule has 1 aliphatic heterocycles. The molecule has 0 atom stereocenters. The van der Waals surface area contributed by atoms with E-state index in [1.807, 2.05) is 19.2 Å². The topological polar surface area (TPSA) is 85.4 Å². The van der Waals surface area contributed by atoms with Crippen molar-refractivity contribution in [1.29, 1.82) is 0 Å². The van der Waals surface area contributed by atoms with E-state index in [4.69, 9.17) is 0 Å². The monoisotopic (exact) mass is 410 g/mol. The molecule has 0 spiro atoms. The van der Waals surface area contributed by atoms with Crippen LogP contribution in [0.25, 0.3) is 5.65 Å². The van der Waals surface area contributed by atoms with Crippen LogP contribution in [0.1, 0.15) is 42.0 Å². The maximum atomic E-state index is 13.3. The zero-order valence-electron chi connectivity index (χ0n) is 15.5. The van der Waals surface area contributed by atoms with Gasteiger partial charge in [-0.15, -0.1) is 0 Å². The number of sulfonamides is 1. The predicted molar refractivity (Wildman–Crippen MR) is 96.6 cm³/mol. The molecule has 0 saturated carbocycles.